The Bertz CT molecular complexity index is 1330. The van der Waals surface area contributed by atoms with Gasteiger partial charge in [0.15, 0.2) is 0 Å². The van der Waals surface area contributed by atoms with Crippen molar-refractivity contribution in [3.63, 3.8) is 0 Å². The van der Waals surface area contributed by atoms with Crippen LogP contribution in [0.25, 0.3) is 22.1 Å². The Morgan fingerprint density at radius 1 is 0.875 bits per heavy atom. The molecule has 0 spiro atoms. The fourth-order valence-corrected chi connectivity index (χ4v) is 4.97. The summed E-state index contributed by atoms with van der Waals surface area (Å²) in [5, 5.41) is 0.630. The van der Waals surface area contributed by atoms with Crippen molar-refractivity contribution in [1.82, 2.24) is 24.0 Å². The molecule has 0 amide bonds. The Labute approximate surface area is 189 Å². The van der Waals surface area contributed by atoms with Crippen LogP contribution >= 0.6 is 11.6 Å². The van der Waals surface area contributed by atoms with Gasteiger partial charge in [0, 0.05) is 30.7 Å². The van der Waals surface area contributed by atoms with Crippen LogP contribution in [0.15, 0.2) is 52.1 Å². The van der Waals surface area contributed by atoms with Crippen molar-refractivity contribution in [3.05, 3.63) is 68.5 Å². The number of unbranched alkanes of at least 4 members (excludes halogenated alkanes) is 1. The summed E-state index contributed by atoms with van der Waals surface area (Å²) in [6.07, 6.45) is 3.92. The maximum absolute atomic E-state index is 12.5. The molecule has 0 atom stereocenters. The number of imidazole rings is 2. The summed E-state index contributed by atoms with van der Waals surface area (Å²) in [6.45, 7) is 3.70. The highest BCUT2D eigenvalue weighted by molar-refractivity contribution is 6.31. The first kappa shape index (κ1) is 22.4. The summed E-state index contributed by atoms with van der Waals surface area (Å²) in [5.74, 6) is 0. The van der Waals surface area contributed by atoms with Crippen molar-refractivity contribution in [2.24, 2.45) is 0 Å². The predicted octanol–water partition coefficient (Wildman–Crippen LogP) is 2.92. The fraction of sp³-hybridized carbons (Fsp3) is 0.391. The minimum Gasteiger partial charge on any atom is -0.412 e. The van der Waals surface area contributed by atoms with Crippen molar-refractivity contribution in [2.45, 2.75) is 38.3 Å². The number of para-hydroxylation sites is 2. The third-order valence-corrected chi connectivity index (χ3v) is 6.62. The molecule has 2 aromatic carbocycles. The molecule has 9 heteroatoms. The molecule has 1 aliphatic heterocycles. The van der Waals surface area contributed by atoms with E-state index in [1.165, 1.54) is 0 Å². The van der Waals surface area contributed by atoms with Crippen LogP contribution < -0.4 is 11.4 Å². The monoisotopic (exact) mass is 457 g/mol. The highest BCUT2D eigenvalue weighted by Crippen LogP contribution is 2.26. The number of piperidine rings is 1. The summed E-state index contributed by atoms with van der Waals surface area (Å²) >= 11 is 6.06. The quantitative estimate of drug-likeness (QED) is 0.434. The average Bonchev–Trinajstić information content (AvgIpc) is 3.26. The van der Waals surface area contributed by atoms with E-state index in [4.69, 9.17) is 11.6 Å². The zero-order valence-electron chi connectivity index (χ0n) is 17.8. The largest absolute Gasteiger partial charge is 0.412 e. The number of rotatable bonds is 6. The Kier molecular flexibility index (Phi) is 6.55. The van der Waals surface area contributed by atoms with E-state index in [1.54, 1.807) is 0 Å². The van der Waals surface area contributed by atoms with Crippen LogP contribution in [0.1, 0.15) is 31.7 Å². The normalized spacial score (nSPS) is 15.4. The number of benzene rings is 2. The van der Waals surface area contributed by atoms with Crippen molar-refractivity contribution >= 4 is 33.7 Å². The number of hydrogen-bond acceptors (Lipinski definition) is 3. The molecule has 5 rings (SSSR count). The number of fused-ring (bicyclic) bond motifs is 2. The molecule has 32 heavy (non-hydrogen) atoms. The SMILES string of the molecule is O.O=c1[nH]c2ccccc2n1CCCCN1CCC(n2c(=O)[nH]c3cc(Cl)ccc32)CC1. The standard InChI is InChI=1S/C23H26ClN5O2.H2O/c24-16-7-8-21-19(15-16)26-23(31)29(21)17-9-13-27(14-10-17)11-3-4-12-28-20-6-2-1-5-18(20)25-22(28)30;/h1-2,5-8,15,17H,3-4,9-14H2,(H,25,30)(H,26,31);1H2. The van der Waals surface area contributed by atoms with Gasteiger partial charge in [-0.1, -0.05) is 23.7 Å². The molecule has 1 aliphatic rings. The van der Waals surface area contributed by atoms with Gasteiger partial charge in [-0.05, 0) is 62.6 Å². The van der Waals surface area contributed by atoms with Gasteiger partial charge in [-0.15, -0.1) is 0 Å². The first-order chi connectivity index (χ1) is 15.1. The molecule has 1 fully saturated rings. The topological polar surface area (TPSA) is 110 Å². The number of likely N-dealkylation sites (tertiary alicyclic amines) is 1. The second-order valence-electron chi connectivity index (χ2n) is 8.34. The van der Waals surface area contributed by atoms with Gasteiger partial charge in [-0.2, -0.15) is 0 Å². The second-order valence-corrected chi connectivity index (χ2v) is 8.78. The zero-order valence-corrected chi connectivity index (χ0v) is 18.6. The highest BCUT2D eigenvalue weighted by Gasteiger charge is 2.23. The van der Waals surface area contributed by atoms with Gasteiger partial charge in [0.05, 0.1) is 22.1 Å². The van der Waals surface area contributed by atoms with Crippen LogP contribution in [-0.2, 0) is 6.54 Å². The number of H-pyrrole nitrogens is 2. The molecule has 0 aliphatic carbocycles. The van der Waals surface area contributed by atoms with Gasteiger partial charge in [0.1, 0.15) is 0 Å². The molecule has 1 saturated heterocycles. The Morgan fingerprint density at radius 2 is 1.59 bits per heavy atom. The molecule has 3 heterocycles. The first-order valence-corrected chi connectivity index (χ1v) is 11.3. The minimum absolute atomic E-state index is 0. The van der Waals surface area contributed by atoms with E-state index in [-0.39, 0.29) is 22.9 Å². The van der Waals surface area contributed by atoms with Crippen molar-refractivity contribution in [3.8, 4) is 0 Å². The predicted molar refractivity (Wildman–Crippen MR) is 128 cm³/mol. The average molecular weight is 458 g/mol. The summed E-state index contributed by atoms with van der Waals surface area (Å²) in [5.41, 5.74) is 3.50. The van der Waals surface area contributed by atoms with E-state index in [0.29, 0.717) is 5.02 Å². The molecule has 2 aromatic heterocycles. The fourth-order valence-electron chi connectivity index (χ4n) is 4.80. The van der Waals surface area contributed by atoms with Gasteiger partial charge >= 0.3 is 11.4 Å². The Hall–Kier alpha value is -2.81. The van der Waals surface area contributed by atoms with E-state index in [9.17, 15) is 9.59 Å². The summed E-state index contributed by atoms with van der Waals surface area (Å²) in [7, 11) is 0. The first-order valence-electron chi connectivity index (χ1n) is 10.9. The van der Waals surface area contributed by atoms with Crippen LogP contribution in [0.2, 0.25) is 5.02 Å². The smallest absolute Gasteiger partial charge is 0.326 e. The molecule has 170 valence electrons. The van der Waals surface area contributed by atoms with E-state index in [2.05, 4.69) is 14.9 Å². The maximum Gasteiger partial charge on any atom is 0.326 e. The molecule has 4 N–H and O–H groups in total. The van der Waals surface area contributed by atoms with E-state index in [1.807, 2.05) is 51.6 Å². The molecule has 0 radical (unpaired) electrons. The summed E-state index contributed by atoms with van der Waals surface area (Å²) < 4.78 is 3.73. The maximum atomic E-state index is 12.5. The van der Waals surface area contributed by atoms with Gasteiger partial charge in [-0.3, -0.25) is 9.13 Å². The number of nitrogens with zero attached hydrogens (tertiary/aromatic N) is 3. The lowest BCUT2D eigenvalue weighted by Gasteiger charge is -2.32. The molecule has 0 unspecified atom stereocenters. The molecule has 4 aromatic rings. The number of nitrogens with one attached hydrogen (secondary N) is 2. The number of aryl methyl sites for hydroxylation is 1. The highest BCUT2D eigenvalue weighted by atomic mass is 35.5. The number of halogens is 1. The van der Waals surface area contributed by atoms with Crippen LogP contribution in [0.5, 0.6) is 0 Å². The lowest BCUT2D eigenvalue weighted by molar-refractivity contribution is 0.183. The van der Waals surface area contributed by atoms with Gasteiger partial charge in [-0.25, -0.2) is 9.59 Å². The van der Waals surface area contributed by atoms with Gasteiger partial charge in [0.25, 0.3) is 0 Å². The van der Waals surface area contributed by atoms with Crippen LogP contribution in [0.4, 0.5) is 0 Å². The van der Waals surface area contributed by atoms with Crippen molar-refractivity contribution in [1.29, 1.82) is 0 Å². The van der Waals surface area contributed by atoms with Gasteiger partial charge < -0.3 is 20.3 Å². The second kappa shape index (κ2) is 9.36. The summed E-state index contributed by atoms with van der Waals surface area (Å²) in [6, 6.07) is 13.6. The third-order valence-electron chi connectivity index (χ3n) is 6.39. The van der Waals surface area contributed by atoms with E-state index < -0.39 is 0 Å². The molecule has 0 saturated carbocycles. The van der Waals surface area contributed by atoms with Crippen LogP contribution in [0.3, 0.4) is 0 Å². The van der Waals surface area contributed by atoms with Crippen LogP contribution in [0, 0.1) is 0 Å². The number of aromatic nitrogens is 4. The number of hydrogen-bond donors (Lipinski definition) is 2. The van der Waals surface area contributed by atoms with E-state index >= 15 is 0 Å². The molecule has 0 bridgehead atoms. The lowest BCUT2D eigenvalue weighted by atomic mass is 10.0. The third kappa shape index (κ3) is 4.26. The molecular formula is C23H28ClN5O3. The Balaban J connectivity index is 0.00000245. The zero-order chi connectivity index (χ0) is 21.4. The lowest BCUT2D eigenvalue weighted by Crippen LogP contribution is -2.37. The number of aromatic amines is 2. The Morgan fingerprint density at radius 3 is 2.41 bits per heavy atom. The van der Waals surface area contributed by atoms with Crippen molar-refractivity contribution < 1.29 is 5.48 Å². The van der Waals surface area contributed by atoms with Gasteiger partial charge in [0.2, 0.25) is 0 Å². The van der Waals surface area contributed by atoms with Crippen molar-refractivity contribution in [2.75, 3.05) is 19.6 Å². The minimum atomic E-state index is -0.0557. The molecule has 8 nitrogen and oxygen atoms in total. The van der Waals surface area contributed by atoms with Crippen LogP contribution in [-0.4, -0.2) is 49.1 Å². The van der Waals surface area contributed by atoms with E-state index in [0.717, 1.165) is 73.9 Å². The molecular weight excluding hydrogens is 430 g/mol. The summed E-state index contributed by atoms with van der Waals surface area (Å²) in [4.78, 5) is 33.0.